The molecule has 0 unspecified atom stereocenters. The van der Waals surface area contributed by atoms with Crippen LogP contribution >= 0.6 is 33.9 Å². The van der Waals surface area contributed by atoms with Gasteiger partial charge in [-0.25, -0.2) is 0 Å². The molecule has 0 amide bonds. The molecule has 0 atom stereocenters. The predicted molar refractivity (Wildman–Crippen MR) is 92.0 cm³/mol. The molecule has 0 saturated carbocycles. The smallest absolute Gasteiger partial charge is 0.193 e. The SMILES string of the molecule is Cc1cccc(NC(N)=NCCc2ccc(I)s2)c1. The maximum Gasteiger partial charge on any atom is 0.193 e. The molecule has 0 aliphatic heterocycles. The maximum atomic E-state index is 5.87. The zero-order chi connectivity index (χ0) is 13.7. The van der Waals surface area contributed by atoms with Crippen LogP contribution in [0.3, 0.4) is 0 Å². The summed E-state index contributed by atoms with van der Waals surface area (Å²) in [5.74, 6) is 0.469. The Bertz CT molecular complexity index is 578. The van der Waals surface area contributed by atoms with Gasteiger partial charge in [0.1, 0.15) is 0 Å². The first-order chi connectivity index (χ1) is 9.13. The van der Waals surface area contributed by atoms with E-state index in [-0.39, 0.29) is 0 Å². The minimum absolute atomic E-state index is 0.469. The maximum absolute atomic E-state index is 5.87. The van der Waals surface area contributed by atoms with E-state index >= 15 is 0 Å². The number of aryl methyl sites for hydroxylation is 1. The number of nitrogens with zero attached hydrogens (tertiary/aromatic N) is 1. The van der Waals surface area contributed by atoms with Gasteiger partial charge in [0.2, 0.25) is 0 Å². The first-order valence-corrected chi connectivity index (χ1v) is 7.91. The highest BCUT2D eigenvalue weighted by atomic mass is 127. The lowest BCUT2D eigenvalue weighted by Crippen LogP contribution is -2.23. The number of thiophene rings is 1. The van der Waals surface area contributed by atoms with E-state index in [0.717, 1.165) is 12.1 Å². The van der Waals surface area contributed by atoms with E-state index in [1.807, 2.05) is 18.2 Å². The molecule has 0 saturated heterocycles. The fourth-order valence-electron chi connectivity index (χ4n) is 1.68. The van der Waals surface area contributed by atoms with Gasteiger partial charge in [-0.05, 0) is 59.3 Å². The molecule has 5 heteroatoms. The zero-order valence-electron chi connectivity index (χ0n) is 10.7. The summed E-state index contributed by atoms with van der Waals surface area (Å²) >= 11 is 4.13. The first-order valence-electron chi connectivity index (χ1n) is 6.01. The number of nitrogens with one attached hydrogen (secondary N) is 1. The highest BCUT2D eigenvalue weighted by Gasteiger charge is 1.98. The summed E-state index contributed by atoms with van der Waals surface area (Å²) in [7, 11) is 0. The van der Waals surface area contributed by atoms with Crippen molar-refractivity contribution in [3.63, 3.8) is 0 Å². The van der Waals surface area contributed by atoms with Crippen LogP contribution in [0.15, 0.2) is 41.4 Å². The monoisotopic (exact) mass is 385 g/mol. The minimum atomic E-state index is 0.469. The summed E-state index contributed by atoms with van der Waals surface area (Å²) in [5, 5.41) is 3.10. The van der Waals surface area contributed by atoms with E-state index in [9.17, 15) is 0 Å². The number of rotatable bonds is 4. The molecular weight excluding hydrogens is 369 g/mol. The van der Waals surface area contributed by atoms with Gasteiger partial charge in [-0.2, -0.15) is 0 Å². The van der Waals surface area contributed by atoms with Crippen LogP contribution in [0.5, 0.6) is 0 Å². The lowest BCUT2D eigenvalue weighted by atomic mass is 10.2. The van der Waals surface area contributed by atoms with Crippen molar-refractivity contribution in [3.05, 3.63) is 49.7 Å². The van der Waals surface area contributed by atoms with E-state index in [1.54, 1.807) is 11.3 Å². The summed E-state index contributed by atoms with van der Waals surface area (Å²) < 4.78 is 1.31. The van der Waals surface area contributed by atoms with Crippen LogP contribution in [-0.2, 0) is 6.42 Å². The van der Waals surface area contributed by atoms with Gasteiger partial charge in [0.05, 0.1) is 2.88 Å². The van der Waals surface area contributed by atoms with Gasteiger partial charge in [-0.3, -0.25) is 4.99 Å². The van der Waals surface area contributed by atoms with Crippen molar-refractivity contribution in [2.45, 2.75) is 13.3 Å². The molecule has 0 bridgehead atoms. The molecule has 100 valence electrons. The fraction of sp³-hybridized carbons (Fsp3) is 0.214. The van der Waals surface area contributed by atoms with Crippen molar-refractivity contribution in [3.8, 4) is 0 Å². The van der Waals surface area contributed by atoms with Crippen molar-refractivity contribution < 1.29 is 0 Å². The molecule has 1 heterocycles. The largest absolute Gasteiger partial charge is 0.370 e. The third kappa shape index (κ3) is 4.83. The first kappa shape index (κ1) is 14.3. The second-order valence-electron chi connectivity index (χ2n) is 4.22. The number of guanidine groups is 1. The molecule has 1 aromatic heterocycles. The summed E-state index contributed by atoms with van der Waals surface area (Å²) in [5.41, 5.74) is 8.04. The Labute approximate surface area is 131 Å². The number of nitrogens with two attached hydrogens (primary N) is 1. The Morgan fingerprint density at radius 1 is 1.37 bits per heavy atom. The van der Waals surface area contributed by atoms with Crippen LogP contribution in [0.2, 0.25) is 0 Å². The zero-order valence-corrected chi connectivity index (χ0v) is 13.7. The van der Waals surface area contributed by atoms with Crippen LogP contribution in [0.25, 0.3) is 0 Å². The van der Waals surface area contributed by atoms with Gasteiger partial charge < -0.3 is 11.1 Å². The highest BCUT2D eigenvalue weighted by molar-refractivity contribution is 14.1. The summed E-state index contributed by atoms with van der Waals surface area (Å²) in [6, 6.07) is 12.3. The predicted octanol–water partition coefficient (Wildman–Crippen LogP) is 3.63. The number of anilines is 1. The van der Waals surface area contributed by atoms with Crippen LogP contribution in [0.1, 0.15) is 10.4 Å². The van der Waals surface area contributed by atoms with Crippen molar-refractivity contribution in [1.82, 2.24) is 0 Å². The van der Waals surface area contributed by atoms with Gasteiger partial charge in [0.25, 0.3) is 0 Å². The standard InChI is InChI=1S/C14H16IN3S/c1-10-3-2-4-11(9-10)18-14(16)17-8-7-12-5-6-13(15)19-12/h2-6,9H,7-8H2,1H3,(H3,16,17,18). The van der Waals surface area contributed by atoms with Gasteiger partial charge in [0.15, 0.2) is 5.96 Å². The average molecular weight is 385 g/mol. The van der Waals surface area contributed by atoms with Crippen molar-refractivity contribution in [2.24, 2.45) is 10.7 Å². The second kappa shape index (κ2) is 6.91. The van der Waals surface area contributed by atoms with Crippen molar-refractivity contribution in [2.75, 3.05) is 11.9 Å². The molecule has 2 rings (SSSR count). The molecule has 19 heavy (non-hydrogen) atoms. The minimum Gasteiger partial charge on any atom is -0.370 e. The van der Waals surface area contributed by atoms with Crippen LogP contribution < -0.4 is 11.1 Å². The Morgan fingerprint density at radius 2 is 2.21 bits per heavy atom. The van der Waals surface area contributed by atoms with Crippen molar-refractivity contribution in [1.29, 1.82) is 0 Å². The lowest BCUT2D eigenvalue weighted by molar-refractivity contribution is 0.983. The molecule has 0 fully saturated rings. The van der Waals surface area contributed by atoms with E-state index < -0.39 is 0 Å². The molecule has 3 nitrogen and oxygen atoms in total. The summed E-state index contributed by atoms with van der Waals surface area (Å²) in [4.78, 5) is 5.69. The van der Waals surface area contributed by atoms with Gasteiger partial charge in [-0.15, -0.1) is 11.3 Å². The van der Waals surface area contributed by atoms with E-state index in [1.165, 1.54) is 13.3 Å². The van der Waals surface area contributed by atoms with Crippen molar-refractivity contribution >= 4 is 45.6 Å². The highest BCUT2D eigenvalue weighted by Crippen LogP contribution is 2.18. The third-order valence-electron chi connectivity index (χ3n) is 2.56. The van der Waals surface area contributed by atoms with Crippen LogP contribution in [0, 0.1) is 9.81 Å². The quantitative estimate of drug-likeness (QED) is 0.480. The third-order valence-corrected chi connectivity index (χ3v) is 4.51. The topological polar surface area (TPSA) is 50.4 Å². The molecule has 3 N–H and O–H groups in total. The van der Waals surface area contributed by atoms with Gasteiger partial charge in [0, 0.05) is 23.5 Å². The molecule has 0 radical (unpaired) electrons. The van der Waals surface area contributed by atoms with E-state index in [0.29, 0.717) is 12.5 Å². The summed E-state index contributed by atoms with van der Waals surface area (Å²) in [6.07, 6.45) is 0.934. The van der Waals surface area contributed by atoms with Crippen LogP contribution in [0.4, 0.5) is 5.69 Å². The lowest BCUT2D eigenvalue weighted by Gasteiger charge is -2.06. The molecule has 0 aliphatic rings. The molecular formula is C14H16IN3S. The number of hydrogen-bond donors (Lipinski definition) is 2. The molecule has 0 aliphatic carbocycles. The summed E-state index contributed by atoms with van der Waals surface area (Å²) in [6.45, 7) is 2.76. The van der Waals surface area contributed by atoms with E-state index in [4.69, 9.17) is 5.73 Å². The second-order valence-corrected chi connectivity index (χ2v) is 7.28. The molecule has 1 aromatic carbocycles. The van der Waals surface area contributed by atoms with Crippen LogP contribution in [-0.4, -0.2) is 12.5 Å². The Kier molecular flexibility index (Phi) is 5.21. The number of aliphatic imine (C=N–C) groups is 1. The Morgan fingerprint density at radius 3 is 2.89 bits per heavy atom. The molecule has 2 aromatic rings. The number of benzene rings is 1. The number of hydrogen-bond acceptors (Lipinski definition) is 2. The number of halogens is 1. The Balaban J connectivity index is 1.85. The molecule has 0 spiro atoms. The fourth-order valence-corrected chi connectivity index (χ4v) is 3.43. The van der Waals surface area contributed by atoms with Gasteiger partial charge in [-0.1, -0.05) is 12.1 Å². The average Bonchev–Trinajstić information content (AvgIpc) is 2.75. The normalized spacial score (nSPS) is 11.6. The Hall–Kier alpha value is -1.08. The van der Waals surface area contributed by atoms with E-state index in [2.05, 4.69) is 58.0 Å². The van der Waals surface area contributed by atoms with Gasteiger partial charge >= 0.3 is 0 Å².